The number of benzene rings is 1. The van der Waals surface area contributed by atoms with Crippen molar-refractivity contribution in [3.8, 4) is 5.75 Å². The number of aliphatic hydroxyl groups is 1. The zero-order valence-corrected chi connectivity index (χ0v) is 21.4. The Labute approximate surface area is 199 Å². The van der Waals surface area contributed by atoms with Gasteiger partial charge in [-0.2, -0.15) is 0 Å². The SMILES string of the molecule is CCCC(O)(CCC)CN=C(NCC)NCC1CCN(c2ccccc2OC)C1.I. The maximum Gasteiger partial charge on any atom is 0.191 e. The molecule has 0 spiro atoms. The average Bonchev–Trinajstić information content (AvgIpc) is 3.19. The van der Waals surface area contributed by atoms with Gasteiger partial charge in [0, 0.05) is 26.2 Å². The maximum atomic E-state index is 10.8. The normalized spacial score (nSPS) is 16.9. The van der Waals surface area contributed by atoms with Crippen LogP contribution >= 0.6 is 24.0 Å². The van der Waals surface area contributed by atoms with Gasteiger partial charge >= 0.3 is 0 Å². The van der Waals surface area contributed by atoms with Gasteiger partial charge in [-0.3, -0.25) is 4.99 Å². The second kappa shape index (κ2) is 14.0. The summed E-state index contributed by atoms with van der Waals surface area (Å²) < 4.78 is 5.52. The van der Waals surface area contributed by atoms with Crippen LogP contribution in [0.3, 0.4) is 0 Å². The number of para-hydroxylation sites is 2. The van der Waals surface area contributed by atoms with E-state index in [1.54, 1.807) is 7.11 Å². The minimum atomic E-state index is -0.695. The number of nitrogens with one attached hydrogen (secondary N) is 2. The van der Waals surface area contributed by atoms with Crippen molar-refractivity contribution in [1.82, 2.24) is 10.6 Å². The molecule has 6 nitrogen and oxygen atoms in total. The number of nitrogens with zero attached hydrogens (tertiary/aromatic N) is 2. The van der Waals surface area contributed by atoms with Crippen molar-refractivity contribution in [2.24, 2.45) is 10.9 Å². The summed E-state index contributed by atoms with van der Waals surface area (Å²) in [4.78, 5) is 7.10. The van der Waals surface area contributed by atoms with Gasteiger partial charge in [-0.1, -0.05) is 38.8 Å². The molecule has 1 atom stereocenters. The van der Waals surface area contributed by atoms with Gasteiger partial charge < -0.3 is 25.4 Å². The van der Waals surface area contributed by atoms with Crippen molar-refractivity contribution in [2.45, 2.75) is 58.5 Å². The molecule has 1 unspecified atom stereocenters. The van der Waals surface area contributed by atoms with E-state index in [1.807, 2.05) is 12.1 Å². The molecule has 0 amide bonds. The fraction of sp³-hybridized carbons (Fsp3) is 0.696. The summed E-state index contributed by atoms with van der Waals surface area (Å²) in [5.74, 6) is 2.28. The molecule has 2 rings (SSSR count). The number of aliphatic imine (C=N–C) groups is 1. The fourth-order valence-corrected chi connectivity index (χ4v) is 4.13. The van der Waals surface area contributed by atoms with Gasteiger partial charge in [0.25, 0.3) is 0 Å². The first-order valence-corrected chi connectivity index (χ1v) is 11.2. The van der Waals surface area contributed by atoms with Crippen molar-refractivity contribution in [1.29, 1.82) is 0 Å². The van der Waals surface area contributed by atoms with Crippen molar-refractivity contribution in [2.75, 3.05) is 44.7 Å². The summed E-state index contributed by atoms with van der Waals surface area (Å²) in [6, 6.07) is 8.22. The smallest absolute Gasteiger partial charge is 0.191 e. The summed E-state index contributed by atoms with van der Waals surface area (Å²) in [7, 11) is 1.73. The second-order valence-corrected chi connectivity index (χ2v) is 8.07. The van der Waals surface area contributed by atoms with Crippen LogP contribution in [0.25, 0.3) is 0 Å². The first-order chi connectivity index (χ1) is 14.0. The van der Waals surface area contributed by atoms with Crippen LogP contribution in [0.2, 0.25) is 0 Å². The van der Waals surface area contributed by atoms with E-state index in [4.69, 9.17) is 9.73 Å². The lowest BCUT2D eigenvalue weighted by Crippen LogP contribution is -2.42. The van der Waals surface area contributed by atoms with E-state index in [2.05, 4.69) is 48.4 Å². The number of anilines is 1. The Morgan fingerprint density at radius 1 is 1.20 bits per heavy atom. The molecule has 0 saturated carbocycles. The van der Waals surface area contributed by atoms with Crippen molar-refractivity contribution < 1.29 is 9.84 Å². The van der Waals surface area contributed by atoms with Crippen LogP contribution in [-0.2, 0) is 0 Å². The molecule has 3 N–H and O–H groups in total. The Morgan fingerprint density at radius 3 is 2.53 bits per heavy atom. The lowest BCUT2D eigenvalue weighted by Gasteiger charge is -2.26. The highest BCUT2D eigenvalue weighted by atomic mass is 127. The predicted octanol–water partition coefficient (Wildman–Crippen LogP) is 4.03. The summed E-state index contributed by atoms with van der Waals surface area (Å²) in [5.41, 5.74) is 0.474. The Morgan fingerprint density at radius 2 is 1.90 bits per heavy atom. The molecular formula is C23H41IN4O2. The average molecular weight is 533 g/mol. The Bertz CT molecular complexity index is 635. The number of rotatable bonds is 11. The molecule has 0 aliphatic carbocycles. The van der Waals surface area contributed by atoms with Crippen LogP contribution in [0.5, 0.6) is 5.75 Å². The molecule has 1 heterocycles. The minimum absolute atomic E-state index is 0. The summed E-state index contributed by atoms with van der Waals surface area (Å²) in [5, 5.41) is 17.6. The highest BCUT2D eigenvalue weighted by molar-refractivity contribution is 14.0. The molecule has 0 radical (unpaired) electrons. The second-order valence-electron chi connectivity index (χ2n) is 8.07. The molecule has 1 aliphatic rings. The van der Waals surface area contributed by atoms with E-state index in [1.165, 1.54) is 5.69 Å². The van der Waals surface area contributed by atoms with E-state index >= 15 is 0 Å². The summed E-state index contributed by atoms with van der Waals surface area (Å²) >= 11 is 0. The first kappa shape index (κ1) is 26.8. The van der Waals surface area contributed by atoms with Gasteiger partial charge in [0.15, 0.2) is 5.96 Å². The molecule has 1 saturated heterocycles. The van der Waals surface area contributed by atoms with Crippen LogP contribution in [0.15, 0.2) is 29.3 Å². The first-order valence-electron chi connectivity index (χ1n) is 11.2. The molecule has 7 heteroatoms. The zero-order valence-electron chi connectivity index (χ0n) is 19.1. The van der Waals surface area contributed by atoms with Crippen molar-refractivity contribution in [3.05, 3.63) is 24.3 Å². The topological polar surface area (TPSA) is 69.1 Å². The van der Waals surface area contributed by atoms with Gasteiger partial charge in [-0.05, 0) is 44.2 Å². The number of ether oxygens (including phenoxy) is 1. The molecule has 172 valence electrons. The van der Waals surface area contributed by atoms with E-state index in [9.17, 15) is 5.11 Å². The van der Waals surface area contributed by atoms with E-state index in [-0.39, 0.29) is 24.0 Å². The van der Waals surface area contributed by atoms with Crippen LogP contribution in [0, 0.1) is 5.92 Å². The number of methoxy groups -OCH3 is 1. The Balaban J connectivity index is 0.00000450. The van der Waals surface area contributed by atoms with Crippen LogP contribution in [-0.4, -0.2) is 56.5 Å². The van der Waals surface area contributed by atoms with Gasteiger partial charge in [0.05, 0.1) is 24.9 Å². The quantitative estimate of drug-likeness (QED) is 0.228. The van der Waals surface area contributed by atoms with Crippen molar-refractivity contribution in [3.63, 3.8) is 0 Å². The number of hydrogen-bond acceptors (Lipinski definition) is 4. The van der Waals surface area contributed by atoms with Gasteiger partial charge in [-0.25, -0.2) is 0 Å². The molecule has 1 aromatic rings. The zero-order chi connectivity index (χ0) is 21.1. The highest BCUT2D eigenvalue weighted by Crippen LogP contribution is 2.31. The van der Waals surface area contributed by atoms with Gasteiger partial charge in [0.1, 0.15) is 5.75 Å². The third-order valence-corrected chi connectivity index (χ3v) is 5.58. The Hall–Kier alpha value is -1.22. The standard InChI is InChI=1S/C23H40N4O2.HI/c1-5-13-23(28,14-6-2)18-26-22(24-7-3)25-16-19-12-15-27(17-19)20-10-8-9-11-21(20)29-4;/h8-11,19,28H,5-7,12-18H2,1-4H3,(H2,24,25,26);1H. The van der Waals surface area contributed by atoms with E-state index in [0.717, 1.165) is 70.0 Å². The highest BCUT2D eigenvalue weighted by Gasteiger charge is 2.26. The van der Waals surface area contributed by atoms with E-state index in [0.29, 0.717) is 12.5 Å². The largest absolute Gasteiger partial charge is 0.495 e. The third-order valence-electron chi connectivity index (χ3n) is 5.58. The molecule has 1 fully saturated rings. The lowest BCUT2D eigenvalue weighted by molar-refractivity contribution is 0.0306. The fourth-order valence-electron chi connectivity index (χ4n) is 4.13. The molecule has 0 aromatic heterocycles. The monoisotopic (exact) mass is 532 g/mol. The lowest BCUT2D eigenvalue weighted by atomic mass is 9.93. The van der Waals surface area contributed by atoms with Gasteiger partial charge in [-0.15, -0.1) is 24.0 Å². The van der Waals surface area contributed by atoms with Crippen LogP contribution < -0.4 is 20.3 Å². The van der Waals surface area contributed by atoms with Gasteiger partial charge in [0.2, 0.25) is 0 Å². The minimum Gasteiger partial charge on any atom is -0.495 e. The van der Waals surface area contributed by atoms with Crippen molar-refractivity contribution >= 4 is 35.6 Å². The van der Waals surface area contributed by atoms with E-state index < -0.39 is 5.60 Å². The molecular weight excluding hydrogens is 491 g/mol. The predicted molar refractivity (Wildman–Crippen MR) is 137 cm³/mol. The van der Waals surface area contributed by atoms with Crippen LogP contribution in [0.4, 0.5) is 5.69 Å². The molecule has 1 aliphatic heterocycles. The molecule has 1 aromatic carbocycles. The third kappa shape index (κ3) is 8.13. The summed E-state index contributed by atoms with van der Waals surface area (Å²) in [6.45, 7) is 10.5. The number of guanidine groups is 1. The number of hydrogen-bond donors (Lipinski definition) is 3. The number of halogens is 1. The summed E-state index contributed by atoms with van der Waals surface area (Å²) in [6.07, 6.45) is 4.66. The maximum absolute atomic E-state index is 10.8. The van der Waals surface area contributed by atoms with Crippen LogP contribution in [0.1, 0.15) is 52.9 Å². The molecule has 30 heavy (non-hydrogen) atoms. The molecule has 0 bridgehead atoms. The Kier molecular flexibility index (Phi) is 12.5.